The molecule has 0 aromatic rings. The summed E-state index contributed by atoms with van der Waals surface area (Å²) in [5.41, 5.74) is 6.60. The van der Waals surface area contributed by atoms with Crippen LogP contribution in [0, 0.1) is 11.3 Å². The summed E-state index contributed by atoms with van der Waals surface area (Å²) in [6.07, 6.45) is 5.58. The van der Waals surface area contributed by atoms with Crippen molar-refractivity contribution >= 4 is 6.03 Å². The third kappa shape index (κ3) is 4.68. The van der Waals surface area contributed by atoms with Crippen LogP contribution in [0.3, 0.4) is 0 Å². The summed E-state index contributed by atoms with van der Waals surface area (Å²) in [5, 5.41) is 5.63. The normalized spacial score (nSPS) is 27.9. The topological polar surface area (TPSA) is 67.2 Å². The molecule has 0 radical (unpaired) electrons. The minimum atomic E-state index is -0.217. The quantitative estimate of drug-likeness (QED) is 0.718. The molecule has 4 heteroatoms. The highest BCUT2D eigenvalue weighted by Gasteiger charge is 2.37. The molecular weight excluding hydrogens is 238 g/mol. The first-order valence-electron chi connectivity index (χ1n) is 7.63. The van der Waals surface area contributed by atoms with Gasteiger partial charge in [-0.05, 0) is 43.9 Å². The highest BCUT2D eigenvalue weighted by molar-refractivity contribution is 5.73. The number of amides is 2. The van der Waals surface area contributed by atoms with E-state index in [1.807, 2.05) is 6.92 Å². The van der Waals surface area contributed by atoms with Crippen molar-refractivity contribution in [3.8, 4) is 0 Å². The summed E-state index contributed by atoms with van der Waals surface area (Å²) >= 11 is 0. The number of carbonyl (C=O) groups excluding carboxylic acids is 1. The van der Waals surface area contributed by atoms with E-state index in [1.165, 1.54) is 19.3 Å². The van der Waals surface area contributed by atoms with Gasteiger partial charge in [0.2, 0.25) is 0 Å². The molecule has 4 N–H and O–H groups in total. The fourth-order valence-corrected chi connectivity index (χ4v) is 2.92. The molecule has 1 rings (SSSR count). The summed E-state index contributed by atoms with van der Waals surface area (Å²) in [6.45, 7) is 10.1. The van der Waals surface area contributed by atoms with E-state index >= 15 is 0 Å². The molecule has 0 heterocycles. The zero-order chi connectivity index (χ0) is 14.5. The molecule has 0 unspecified atom stereocenters. The summed E-state index contributed by atoms with van der Waals surface area (Å²) in [5.74, 6) is 0.763. The van der Waals surface area contributed by atoms with Gasteiger partial charge in [0.05, 0.1) is 0 Å². The molecule has 2 amide bonds. The van der Waals surface area contributed by atoms with Gasteiger partial charge >= 0.3 is 6.03 Å². The third-order valence-corrected chi connectivity index (χ3v) is 4.94. The zero-order valence-electron chi connectivity index (χ0n) is 13.0. The van der Waals surface area contributed by atoms with Gasteiger partial charge in [0.1, 0.15) is 0 Å². The van der Waals surface area contributed by atoms with E-state index in [4.69, 9.17) is 5.73 Å². The summed E-state index contributed by atoms with van der Waals surface area (Å²) in [4.78, 5) is 11.4. The number of urea groups is 1. The Morgan fingerprint density at radius 1 is 1.26 bits per heavy atom. The van der Waals surface area contributed by atoms with Crippen molar-refractivity contribution in [2.24, 2.45) is 17.1 Å². The van der Waals surface area contributed by atoms with Crippen LogP contribution in [-0.4, -0.2) is 24.7 Å². The monoisotopic (exact) mass is 269 g/mol. The highest BCUT2D eigenvalue weighted by Crippen LogP contribution is 2.42. The van der Waals surface area contributed by atoms with Crippen LogP contribution in [0.5, 0.6) is 0 Å². The van der Waals surface area contributed by atoms with Crippen LogP contribution in [-0.2, 0) is 0 Å². The number of nitrogens with two attached hydrogens (primary N) is 1. The van der Waals surface area contributed by atoms with E-state index < -0.39 is 0 Å². The van der Waals surface area contributed by atoms with E-state index in [2.05, 4.69) is 31.4 Å². The van der Waals surface area contributed by atoms with E-state index in [0.717, 1.165) is 18.8 Å². The molecule has 0 spiro atoms. The largest absolute Gasteiger partial charge is 0.338 e. The van der Waals surface area contributed by atoms with E-state index in [0.29, 0.717) is 18.5 Å². The van der Waals surface area contributed by atoms with Gasteiger partial charge in [-0.1, -0.05) is 27.2 Å². The molecule has 4 nitrogen and oxygen atoms in total. The standard InChI is InChI=1S/C15H31N3O/c1-5-14(3,4)12-7-9-15(16,10-8-12)11-18-13(19)17-6-2/h12H,5-11,16H2,1-4H3,(H2,17,18,19). The highest BCUT2D eigenvalue weighted by atomic mass is 16.2. The Balaban J connectivity index is 2.41. The fraction of sp³-hybridized carbons (Fsp3) is 0.933. The lowest BCUT2D eigenvalue weighted by atomic mass is 9.66. The van der Waals surface area contributed by atoms with Crippen LogP contribution in [0.4, 0.5) is 4.79 Å². The van der Waals surface area contributed by atoms with Crippen molar-refractivity contribution in [1.29, 1.82) is 0 Å². The van der Waals surface area contributed by atoms with Crippen LogP contribution >= 0.6 is 0 Å². The van der Waals surface area contributed by atoms with Crippen LogP contribution in [0.25, 0.3) is 0 Å². The minimum absolute atomic E-state index is 0.108. The van der Waals surface area contributed by atoms with E-state index in [1.54, 1.807) is 0 Å². The number of carbonyl (C=O) groups is 1. The molecule has 1 aliphatic carbocycles. The summed E-state index contributed by atoms with van der Waals surface area (Å²) in [7, 11) is 0. The Bertz CT molecular complexity index is 294. The average molecular weight is 269 g/mol. The fourth-order valence-electron chi connectivity index (χ4n) is 2.92. The third-order valence-electron chi connectivity index (χ3n) is 4.94. The first-order valence-corrected chi connectivity index (χ1v) is 7.63. The van der Waals surface area contributed by atoms with Crippen molar-refractivity contribution < 1.29 is 4.79 Å². The molecule has 0 saturated heterocycles. The average Bonchev–Trinajstić information content (AvgIpc) is 2.37. The van der Waals surface area contributed by atoms with Crippen molar-refractivity contribution in [1.82, 2.24) is 10.6 Å². The van der Waals surface area contributed by atoms with Gasteiger partial charge in [0.15, 0.2) is 0 Å². The van der Waals surface area contributed by atoms with Crippen LogP contribution in [0.1, 0.15) is 59.8 Å². The Kier molecular flexibility index (Phi) is 5.65. The smallest absolute Gasteiger partial charge is 0.314 e. The van der Waals surface area contributed by atoms with Gasteiger partial charge in [-0.15, -0.1) is 0 Å². The van der Waals surface area contributed by atoms with Gasteiger partial charge in [0, 0.05) is 18.6 Å². The molecule has 112 valence electrons. The maximum Gasteiger partial charge on any atom is 0.314 e. The lowest BCUT2D eigenvalue weighted by Crippen LogP contribution is -2.54. The lowest BCUT2D eigenvalue weighted by molar-refractivity contribution is 0.115. The molecule has 0 aliphatic heterocycles. The van der Waals surface area contributed by atoms with Gasteiger partial charge in [0.25, 0.3) is 0 Å². The predicted molar refractivity (Wildman–Crippen MR) is 80.0 cm³/mol. The molecule has 1 saturated carbocycles. The van der Waals surface area contributed by atoms with Crippen molar-refractivity contribution in [2.45, 2.75) is 65.3 Å². The first kappa shape index (κ1) is 16.3. The van der Waals surface area contributed by atoms with Gasteiger partial charge in [-0.25, -0.2) is 4.79 Å². The Morgan fingerprint density at radius 3 is 2.32 bits per heavy atom. The number of rotatable bonds is 5. The lowest BCUT2D eigenvalue weighted by Gasteiger charge is -2.43. The Hall–Kier alpha value is -0.770. The number of nitrogens with one attached hydrogen (secondary N) is 2. The second-order valence-corrected chi connectivity index (χ2v) is 6.69. The molecule has 0 aromatic heterocycles. The van der Waals surface area contributed by atoms with Crippen molar-refractivity contribution in [3.05, 3.63) is 0 Å². The summed E-state index contributed by atoms with van der Waals surface area (Å²) in [6, 6.07) is -0.108. The molecule has 0 bridgehead atoms. The maximum absolute atomic E-state index is 11.4. The Morgan fingerprint density at radius 2 is 1.84 bits per heavy atom. The maximum atomic E-state index is 11.4. The van der Waals surface area contributed by atoms with Crippen molar-refractivity contribution in [3.63, 3.8) is 0 Å². The molecule has 0 atom stereocenters. The van der Waals surface area contributed by atoms with Gasteiger partial charge < -0.3 is 16.4 Å². The number of hydrogen-bond acceptors (Lipinski definition) is 2. The van der Waals surface area contributed by atoms with E-state index in [-0.39, 0.29) is 11.6 Å². The minimum Gasteiger partial charge on any atom is -0.338 e. The SMILES string of the molecule is CCNC(=O)NCC1(N)CCC(C(C)(C)CC)CC1. The van der Waals surface area contributed by atoms with E-state index in [9.17, 15) is 4.79 Å². The molecule has 1 fully saturated rings. The zero-order valence-corrected chi connectivity index (χ0v) is 13.0. The molecule has 0 aromatic carbocycles. The van der Waals surface area contributed by atoms with Crippen LogP contribution in [0.2, 0.25) is 0 Å². The predicted octanol–water partition coefficient (Wildman–Crippen LogP) is 2.63. The van der Waals surface area contributed by atoms with Crippen LogP contribution in [0.15, 0.2) is 0 Å². The second-order valence-electron chi connectivity index (χ2n) is 6.69. The number of hydrogen-bond donors (Lipinski definition) is 3. The summed E-state index contributed by atoms with van der Waals surface area (Å²) < 4.78 is 0. The first-order chi connectivity index (χ1) is 8.83. The molecule has 1 aliphatic rings. The van der Waals surface area contributed by atoms with Crippen molar-refractivity contribution in [2.75, 3.05) is 13.1 Å². The van der Waals surface area contributed by atoms with Crippen LogP contribution < -0.4 is 16.4 Å². The second kappa shape index (κ2) is 6.60. The van der Waals surface area contributed by atoms with Gasteiger partial charge in [-0.3, -0.25) is 0 Å². The molecule has 19 heavy (non-hydrogen) atoms. The molecular formula is C15H31N3O. The van der Waals surface area contributed by atoms with Gasteiger partial charge in [-0.2, -0.15) is 0 Å². The Labute approximate surface area is 117 Å².